The lowest BCUT2D eigenvalue weighted by Crippen LogP contribution is -2.31. The Kier molecular flexibility index (Phi) is 3.30. The molecule has 110 valence electrons. The third-order valence-corrected chi connectivity index (χ3v) is 5.28. The normalized spacial score (nSPS) is 29.9. The number of benzene rings is 1. The second kappa shape index (κ2) is 5.30. The van der Waals surface area contributed by atoms with E-state index in [9.17, 15) is 4.79 Å². The Morgan fingerprint density at radius 1 is 1.29 bits per heavy atom. The lowest BCUT2D eigenvalue weighted by molar-refractivity contribution is -0.122. The average molecular weight is 282 g/mol. The maximum atomic E-state index is 12.5. The maximum absolute atomic E-state index is 12.5. The number of fused-ring (bicyclic) bond motifs is 3. The zero-order valence-corrected chi connectivity index (χ0v) is 12.3. The van der Waals surface area contributed by atoms with Crippen molar-refractivity contribution < 1.29 is 4.79 Å². The minimum Gasteiger partial charge on any atom is -0.352 e. The molecule has 3 nitrogen and oxygen atoms in total. The number of amides is 1. The number of carbonyl (C=O) groups excluding carboxylic acids is 1. The van der Waals surface area contributed by atoms with E-state index in [0.29, 0.717) is 11.8 Å². The Balaban J connectivity index is 1.40. The molecule has 3 atom stereocenters. The summed E-state index contributed by atoms with van der Waals surface area (Å²) in [4.78, 5) is 12.5. The largest absolute Gasteiger partial charge is 0.352 e. The van der Waals surface area contributed by atoms with Crippen molar-refractivity contribution in [3.05, 3.63) is 47.0 Å². The van der Waals surface area contributed by atoms with Crippen molar-refractivity contribution in [3.63, 3.8) is 0 Å². The summed E-state index contributed by atoms with van der Waals surface area (Å²) in [7, 11) is 0. The highest BCUT2D eigenvalue weighted by Gasteiger charge is 2.56. The summed E-state index contributed by atoms with van der Waals surface area (Å²) in [6.45, 7) is 2.70. The van der Waals surface area contributed by atoms with Crippen LogP contribution in [0.15, 0.2) is 35.9 Å². The van der Waals surface area contributed by atoms with Gasteiger partial charge in [-0.2, -0.15) is 0 Å². The fourth-order valence-corrected chi connectivity index (χ4v) is 4.07. The maximum Gasteiger partial charge on any atom is 0.224 e. The van der Waals surface area contributed by atoms with E-state index in [4.69, 9.17) is 0 Å². The van der Waals surface area contributed by atoms with E-state index in [0.717, 1.165) is 32.5 Å². The van der Waals surface area contributed by atoms with Crippen LogP contribution in [0.4, 0.5) is 0 Å². The van der Waals surface area contributed by atoms with Gasteiger partial charge in [0.2, 0.25) is 5.91 Å². The van der Waals surface area contributed by atoms with E-state index < -0.39 is 0 Å². The van der Waals surface area contributed by atoms with Crippen LogP contribution in [0.2, 0.25) is 0 Å². The van der Waals surface area contributed by atoms with Crippen LogP contribution < -0.4 is 10.6 Å². The minimum absolute atomic E-state index is 0.218. The van der Waals surface area contributed by atoms with E-state index in [-0.39, 0.29) is 11.8 Å². The molecule has 21 heavy (non-hydrogen) atoms. The molecule has 0 radical (unpaired) electrons. The fourth-order valence-electron chi connectivity index (χ4n) is 4.07. The summed E-state index contributed by atoms with van der Waals surface area (Å²) in [6, 6.07) is 8.65. The van der Waals surface area contributed by atoms with Gasteiger partial charge in [0.05, 0.1) is 0 Å². The predicted molar refractivity (Wildman–Crippen MR) is 83.1 cm³/mol. The molecule has 1 heterocycles. The topological polar surface area (TPSA) is 41.1 Å². The van der Waals surface area contributed by atoms with Crippen molar-refractivity contribution in [1.82, 2.24) is 10.6 Å². The van der Waals surface area contributed by atoms with E-state index in [2.05, 4.69) is 41.0 Å². The highest BCUT2D eigenvalue weighted by molar-refractivity contribution is 5.84. The molecule has 1 aromatic rings. The van der Waals surface area contributed by atoms with E-state index in [1.54, 1.807) is 0 Å². The quantitative estimate of drug-likeness (QED) is 0.833. The average Bonchev–Trinajstić information content (AvgIpc) is 3.29. The first kappa shape index (κ1) is 13.1. The Bertz CT molecular complexity index is 593. The van der Waals surface area contributed by atoms with Gasteiger partial charge in [0.25, 0.3) is 0 Å². The number of nitrogens with one attached hydrogen (secondary N) is 2. The molecule has 1 aromatic carbocycles. The molecule has 3 unspecified atom stereocenters. The molecule has 3 heteroatoms. The SMILES string of the molecule is O=C(NCC1=CCNCC1)C1C2CCc3ccccc3C21. The standard InChI is InChI=1S/C18H22N2O/c21-18(20-11-12-7-9-19-10-8-12)17-15-6-5-13-3-1-2-4-14(13)16(15)17/h1-4,7,15-17,19H,5-6,8-11H2,(H,20,21). The van der Waals surface area contributed by atoms with Gasteiger partial charge >= 0.3 is 0 Å². The molecule has 1 fully saturated rings. The lowest BCUT2D eigenvalue weighted by Gasteiger charge is -2.14. The smallest absolute Gasteiger partial charge is 0.224 e. The fraction of sp³-hybridized carbons (Fsp3) is 0.500. The summed E-state index contributed by atoms with van der Waals surface area (Å²) in [5.74, 6) is 1.55. The van der Waals surface area contributed by atoms with Crippen LogP contribution in [0, 0.1) is 11.8 Å². The van der Waals surface area contributed by atoms with Crippen molar-refractivity contribution in [1.29, 1.82) is 0 Å². The third kappa shape index (κ3) is 2.40. The van der Waals surface area contributed by atoms with Gasteiger partial charge in [-0.15, -0.1) is 0 Å². The molecule has 0 bridgehead atoms. The highest BCUT2D eigenvalue weighted by atomic mass is 16.2. The number of rotatable bonds is 3. The van der Waals surface area contributed by atoms with Crippen molar-refractivity contribution in [2.24, 2.45) is 11.8 Å². The monoisotopic (exact) mass is 282 g/mol. The summed E-state index contributed by atoms with van der Waals surface area (Å²) in [5, 5.41) is 6.47. The zero-order chi connectivity index (χ0) is 14.2. The summed E-state index contributed by atoms with van der Waals surface area (Å²) < 4.78 is 0. The van der Waals surface area contributed by atoms with Gasteiger partial charge in [-0.1, -0.05) is 35.9 Å². The van der Waals surface area contributed by atoms with E-state index in [1.807, 2.05) is 0 Å². The van der Waals surface area contributed by atoms with Crippen molar-refractivity contribution in [3.8, 4) is 0 Å². The van der Waals surface area contributed by atoms with Crippen LogP contribution in [-0.4, -0.2) is 25.5 Å². The van der Waals surface area contributed by atoms with Gasteiger partial charge in [0.15, 0.2) is 0 Å². The number of hydrogen-bond donors (Lipinski definition) is 2. The van der Waals surface area contributed by atoms with Crippen LogP contribution >= 0.6 is 0 Å². The molecule has 2 aliphatic carbocycles. The van der Waals surface area contributed by atoms with Crippen LogP contribution in [0.25, 0.3) is 0 Å². The molecule has 0 saturated heterocycles. The molecule has 1 saturated carbocycles. The molecular formula is C18H22N2O. The summed E-state index contributed by atoms with van der Waals surface area (Å²) in [5.41, 5.74) is 4.25. The number of hydrogen-bond acceptors (Lipinski definition) is 2. The first-order valence-electron chi connectivity index (χ1n) is 8.09. The van der Waals surface area contributed by atoms with Gasteiger partial charge in [0.1, 0.15) is 0 Å². The van der Waals surface area contributed by atoms with Gasteiger partial charge in [0, 0.05) is 19.0 Å². The molecule has 4 rings (SSSR count). The molecule has 0 aromatic heterocycles. The molecule has 1 amide bonds. The molecular weight excluding hydrogens is 260 g/mol. The Morgan fingerprint density at radius 2 is 2.19 bits per heavy atom. The molecule has 0 spiro atoms. The molecule has 1 aliphatic heterocycles. The minimum atomic E-state index is 0.218. The first-order valence-corrected chi connectivity index (χ1v) is 8.09. The van der Waals surface area contributed by atoms with E-state index >= 15 is 0 Å². The zero-order valence-electron chi connectivity index (χ0n) is 12.3. The molecule has 3 aliphatic rings. The van der Waals surface area contributed by atoms with Crippen molar-refractivity contribution in [2.45, 2.75) is 25.2 Å². The van der Waals surface area contributed by atoms with Gasteiger partial charge in [-0.3, -0.25) is 4.79 Å². The summed E-state index contributed by atoms with van der Waals surface area (Å²) >= 11 is 0. The second-order valence-electron chi connectivity index (χ2n) is 6.49. The van der Waals surface area contributed by atoms with Crippen LogP contribution in [0.1, 0.15) is 29.9 Å². The summed E-state index contributed by atoms with van der Waals surface area (Å²) in [6.07, 6.45) is 5.57. The van der Waals surface area contributed by atoms with Crippen LogP contribution in [-0.2, 0) is 11.2 Å². The number of carbonyl (C=O) groups is 1. The van der Waals surface area contributed by atoms with Crippen LogP contribution in [0.5, 0.6) is 0 Å². The van der Waals surface area contributed by atoms with Crippen molar-refractivity contribution in [2.75, 3.05) is 19.6 Å². The Labute approximate surface area is 125 Å². The second-order valence-corrected chi connectivity index (χ2v) is 6.49. The number of aryl methyl sites for hydroxylation is 1. The Hall–Kier alpha value is -1.61. The van der Waals surface area contributed by atoms with Gasteiger partial charge in [-0.25, -0.2) is 0 Å². The first-order chi connectivity index (χ1) is 10.3. The van der Waals surface area contributed by atoms with Crippen LogP contribution in [0.3, 0.4) is 0 Å². The van der Waals surface area contributed by atoms with Gasteiger partial charge < -0.3 is 10.6 Å². The third-order valence-electron chi connectivity index (χ3n) is 5.28. The Morgan fingerprint density at radius 3 is 3.05 bits per heavy atom. The predicted octanol–water partition coefficient (Wildman–Crippen LogP) is 2.00. The molecule has 2 N–H and O–H groups in total. The highest BCUT2D eigenvalue weighted by Crippen LogP contribution is 2.59. The van der Waals surface area contributed by atoms with E-state index in [1.165, 1.54) is 23.1 Å². The van der Waals surface area contributed by atoms with Crippen molar-refractivity contribution >= 4 is 5.91 Å². The lowest BCUT2D eigenvalue weighted by atomic mass is 9.92. The van der Waals surface area contributed by atoms with Gasteiger partial charge in [-0.05, 0) is 48.8 Å².